The first-order chi connectivity index (χ1) is 12.6. The standard InChI is InChI=1S/C21H26N2O3/c1-22-17(15-6-4-3-5-7-15)8-9-18(22)20(25)23-13-12-21(26-2)11-10-16(24)14-19(21)23/h3-9,16,19,24H,10-14H2,1-2H3/t16-,19-,21+/m0/s1. The summed E-state index contributed by atoms with van der Waals surface area (Å²) in [5.41, 5.74) is 2.49. The Bertz CT molecular complexity index is 801. The summed E-state index contributed by atoms with van der Waals surface area (Å²) < 4.78 is 7.82. The van der Waals surface area contributed by atoms with Crippen molar-refractivity contribution < 1.29 is 14.6 Å². The summed E-state index contributed by atoms with van der Waals surface area (Å²) in [6.07, 6.45) is 2.62. The Labute approximate surface area is 154 Å². The predicted molar refractivity (Wildman–Crippen MR) is 99.9 cm³/mol. The number of hydrogen-bond acceptors (Lipinski definition) is 3. The van der Waals surface area contributed by atoms with Gasteiger partial charge < -0.3 is 19.3 Å². The summed E-state index contributed by atoms with van der Waals surface area (Å²) in [5, 5.41) is 10.1. The maximum Gasteiger partial charge on any atom is 0.270 e. The van der Waals surface area contributed by atoms with Crippen LogP contribution in [0.25, 0.3) is 11.3 Å². The fraction of sp³-hybridized carbons (Fsp3) is 0.476. The van der Waals surface area contributed by atoms with Crippen LogP contribution in [0.5, 0.6) is 0 Å². The van der Waals surface area contributed by atoms with Gasteiger partial charge in [0.15, 0.2) is 0 Å². The minimum absolute atomic E-state index is 0.0210. The van der Waals surface area contributed by atoms with Gasteiger partial charge in [0.05, 0.1) is 17.7 Å². The molecule has 0 unspecified atom stereocenters. The third kappa shape index (κ3) is 2.66. The number of carbonyl (C=O) groups excluding carboxylic acids is 1. The van der Waals surface area contributed by atoms with Gasteiger partial charge in [-0.05, 0) is 43.4 Å². The van der Waals surface area contributed by atoms with Crippen LogP contribution in [0.1, 0.15) is 36.2 Å². The van der Waals surface area contributed by atoms with E-state index in [0.29, 0.717) is 18.7 Å². The summed E-state index contributed by atoms with van der Waals surface area (Å²) in [7, 11) is 3.67. The summed E-state index contributed by atoms with van der Waals surface area (Å²) in [6, 6.07) is 13.9. The summed E-state index contributed by atoms with van der Waals surface area (Å²) in [6.45, 7) is 0.676. The second-order valence-corrected chi connectivity index (χ2v) is 7.49. The van der Waals surface area contributed by atoms with Crippen molar-refractivity contribution in [3.8, 4) is 11.3 Å². The lowest BCUT2D eigenvalue weighted by Crippen LogP contribution is -2.53. The van der Waals surface area contributed by atoms with E-state index >= 15 is 0 Å². The molecule has 1 saturated heterocycles. The van der Waals surface area contributed by atoms with Gasteiger partial charge in [-0.1, -0.05) is 30.3 Å². The first-order valence-electron chi connectivity index (χ1n) is 9.31. The number of aliphatic hydroxyl groups is 1. The van der Waals surface area contributed by atoms with Gasteiger partial charge in [-0.25, -0.2) is 0 Å². The Kier molecular flexibility index (Phi) is 4.37. The molecule has 1 aliphatic heterocycles. The molecular formula is C21H26N2O3. The number of benzene rings is 1. The molecule has 1 aliphatic carbocycles. The molecule has 4 rings (SSSR count). The van der Waals surface area contributed by atoms with Crippen molar-refractivity contribution in [1.82, 2.24) is 9.47 Å². The van der Waals surface area contributed by atoms with Crippen LogP contribution in [-0.2, 0) is 11.8 Å². The summed E-state index contributed by atoms with van der Waals surface area (Å²) in [5.74, 6) is 0.0210. The zero-order valence-corrected chi connectivity index (χ0v) is 15.4. The van der Waals surface area contributed by atoms with E-state index in [0.717, 1.165) is 30.5 Å². The lowest BCUT2D eigenvalue weighted by atomic mass is 9.79. The third-order valence-corrected chi connectivity index (χ3v) is 6.23. The second kappa shape index (κ2) is 6.56. The van der Waals surface area contributed by atoms with Gasteiger partial charge in [-0.15, -0.1) is 0 Å². The van der Waals surface area contributed by atoms with Gasteiger partial charge in [0, 0.05) is 26.4 Å². The molecule has 2 fully saturated rings. The first kappa shape index (κ1) is 17.3. The molecular weight excluding hydrogens is 328 g/mol. The molecule has 0 spiro atoms. The number of aliphatic hydroxyl groups excluding tert-OH is 1. The van der Waals surface area contributed by atoms with Gasteiger partial charge in [-0.2, -0.15) is 0 Å². The quantitative estimate of drug-likeness (QED) is 0.922. The maximum atomic E-state index is 13.3. The Hall–Kier alpha value is -2.11. The van der Waals surface area contributed by atoms with Crippen LogP contribution in [0, 0.1) is 0 Å². The predicted octanol–water partition coefficient (Wildman–Crippen LogP) is 2.84. The molecule has 26 heavy (non-hydrogen) atoms. The molecule has 0 bridgehead atoms. The zero-order valence-electron chi connectivity index (χ0n) is 15.4. The van der Waals surface area contributed by atoms with E-state index in [9.17, 15) is 9.90 Å². The van der Waals surface area contributed by atoms with Crippen LogP contribution >= 0.6 is 0 Å². The van der Waals surface area contributed by atoms with E-state index in [1.807, 2.05) is 59.0 Å². The Morgan fingerprint density at radius 1 is 1.19 bits per heavy atom. The number of nitrogens with zero attached hydrogens (tertiary/aromatic N) is 2. The normalized spacial score (nSPS) is 28.2. The fourth-order valence-electron chi connectivity index (χ4n) is 4.69. The average molecular weight is 354 g/mol. The van der Waals surface area contributed by atoms with E-state index in [4.69, 9.17) is 4.74 Å². The van der Waals surface area contributed by atoms with Crippen LogP contribution < -0.4 is 0 Å². The van der Waals surface area contributed by atoms with E-state index in [1.165, 1.54) is 0 Å². The molecule has 1 saturated carbocycles. The number of amides is 1. The zero-order chi connectivity index (χ0) is 18.3. The highest BCUT2D eigenvalue weighted by Gasteiger charge is 2.52. The SMILES string of the molecule is CO[C@@]12CC[C@H](O)C[C@@H]1N(C(=O)c1ccc(-c3ccccc3)n1C)CC2. The molecule has 2 heterocycles. The van der Waals surface area contributed by atoms with E-state index < -0.39 is 0 Å². The Morgan fingerprint density at radius 2 is 1.96 bits per heavy atom. The van der Waals surface area contributed by atoms with Crippen molar-refractivity contribution in [2.24, 2.45) is 7.05 Å². The molecule has 138 valence electrons. The van der Waals surface area contributed by atoms with E-state index in [1.54, 1.807) is 7.11 Å². The molecule has 1 aromatic heterocycles. The van der Waals surface area contributed by atoms with Crippen molar-refractivity contribution in [2.45, 2.75) is 43.4 Å². The maximum absolute atomic E-state index is 13.3. The largest absolute Gasteiger partial charge is 0.393 e. The van der Waals surface area contributed by atoms with E-state index in [-0.39, 0.29) is 23.7 Å². The number of methoxy groups -OCH3 is 1. The van der Waals surface area contributed by atoms with Gasteiger partial charge in [0.25, 0.3) is 5.91 Å². The van der Waals surface area contributed by atoms with Crippen LogP contribution in [-0.4, -0.2) is 51.9 Å². The Balaban J connectivity index is 1.63. The molecule has 5 nitrogen and oxygen atoms in total. The number of ether oxygens (including phenoxy) is 1. The molecule has 2 aliphatic rings. The molecule has 1 N–H and O–H groups in total. The fourth-order valence-corrected chi connectivity index (χ4v) is 4.69. The summed E-state index contributed by atoms with van der Waals surface area (Å²) in [4.78, 5) is 15.2. The highest BCUT2D eigenvalue weighted by molar-refractivity contribution is 5.94. The highest BCUT2D eigenvalue weighted by Crippen LogP contribution is 2.43. The number of hydrogen-bond donors (Lipinski definition) is 1. The van der Waals surface area contributed by atoms with Gasteiger partial charge in [-0.3, -0.25) is 4.79 Å². The Morgan fingerprint density at radius 3 is 2.69 bits per heavy atom. The second-order valence-electron chi connectivity index (χ2n) is 7.49. The lowest BCUT2D eigenvalue weighted by molar-refractivity contribution is -0.0825. The minimum atomic E-state index is -0.357. The van der Waals surface area contributed by atoms with Crippen LogP contribution in [0.3, 0.4) is 0 Å². The topological polar surface area (TPSA) is 54.7 Å². The van der Waals surface area contributed by atoms with Gasteiger partial charge in [0.2, 0.25) is 0 Å². The molecule has 5 heteroatoms. The summed E-state index contributed by atoms with van der Waals surface area (Å²) >= 11 is 0. The number of likely N-dealkylation sites (tertiary alicyclic amines) is 1. The van der Waals surface area contributed by atoms with Crippen LogP contribution in [0.2, 0.25) is 0 Å². The van der Waals surface area contributed by atoms with Crippen molar-refractivity contribution in [2.75, 3.05) is 13.7 Å². The van der Waals surface area contributed by atoms with Crippen molar-refractivity contribution >= 4 is 5.91 Å². The first-order valence-corrected chi connectivity index (χ1v) is 9.31. The highest BCUT2D eigenvalue weighted by atomic mass is 16.5. The van der Waals surface area contributed by atoms with Crippen LogP contribution in [0.15, 0.2) is 42.5 Å². The van der Waals surface area contributed by atoms with E-state index in [2.05, 4.69) is 0 Å². The molecule has 3 atom stereocenters. The molecule has 1 aromatic carbocycles. The number of aromatic nitrogens is 1. The van der Waals surface area contributed by atoms with Crippen molar-refractivity contribution in [3.05, 3.63) is 48.2 Å². The van der Waals surface area contributed by atoms with Crippen molar-refractivity contribution in [1.29, 1.82) is 0 Å². The van der Waals surface area contributed by atoms with Crippen molar-refractivity contribution in [3.63, 3.8) is 0 Å². The average Bonchev–Trinajstić information content (AvgIpc) is 3.23. The number of fused-ring (bicyclic) bond motifs is 1. The monoisotopic (exact) mass is 354 g/mol. The number of carbonyl (C=O) groups is 1. The smallest absolute Gasteiger partial charge is 0.270 e. The minimum Gasteiger partial charge on any atom is -0.393 e. The van der Waals surface area contributed by atoms with Crippen LogP contribution in [0.4, 0.5) is 0 Å². The lowest BCUT2D eigenvalue weighted by Gasteiger charge is -2.42. The van der Waals surface area contributed by atoms with Gasteiger partial charge >= 0.3 is 0 Å². The molecule has 1 amide bonds. The van der Waals surface area contributed by atoms with Gasteiger partial charge in [0.1, 0.15) is 5.69 Å². The molecule has 0 radical (unpaired) electrons. The number of rotatable bonds is 3. The third-order valence-electron chi connectivity index (χ3n) is 6.23. The molecule has 2 aromatic rings.